The molecular formula is C23H34IN3O4. The summed E-state index contributed by atoms with van der Waals surface area (Å²) in [5.41, 5.74) is 2.00. The second kappa shape index (κ2) is 12.5. The Morgan fingerprint density at radius 2 is 1.52 bits per heavy atom. The van der Waals surface area contributed by atoms with Crippen LogP contribution in [0.1, 0.15) is 25.0 Å². The number of guanidine groups is 1. The molecule has 8 heteroatoms. The molecule has 0 aliphatic rings. The maximum atomic E-state index is 5.46. The molecule has 0 radical (unpaired) electrons. The molecule has 0 aliphatic carbocycles. The van der Waals surface area contributed by atoms with Gasteiger partial charge in [-0.05, 0) is 29.8 Å². The highest BCUT2D eigenvalue weighted by molar-refractivity contribution is 14.0. The molecule has 0 saturated heterocycles. The van der Waals surface area contributed by atoms with Crippen molar-refractivity contribution in [2.75, 3.05) is 42.0 Å². The molecule has 2 aromatic carbocycles. The molecule has 0 bridgehead atoms. The van der Waals surface area contributed by atoms with Gasteiger partial charge in [-0.2, -0.15) is 0 Å². The van der Waals surface area contributed by atoms with Crippen LogP contribution in [0.5, 0.6) is 23.0 Å². The van der Waals surface area contributed by atoms with Gasteiger partial charge in [0.25, 0.3) is 0 Å². The minimum atomic E-state index is -0.158. The molecule has 0 spiro atoms. The molecule has 0 amide bonds. The summed E-state index contributed by atoms with van der Waals surface area (Å²) in [5.74, 6) is 3.67. The van der Waals surface area contributed by atoms with Gasteiger partial charge in [0.1, 0.15) is 11.5 Å². The highest BCUT2D eigenvalue weighted by Crippen LogP contribution is 2.33. The first-order valence-electron chi connectivity index (χ1n) is 9.76. The minimum absolute atomic E-state index is 0. The second-order valence-corrected chi connectivity index (χ2v) is 7.41. The molecular weight excluding hydrogens is 509 g/mol. The van der Waals surface area contributed by atoms with E-state index in [1.807, 2.05) is 30.3 Å². The number of nitrogens with zero attached hydrogens (tertiary/aromatic N) is 1. The summed E-state index contributed by atoms with van der Waals surface area (Å²) >= 11 is 0. The van der Waals surface area contributed by atoms with E-state index in [0.717, 1.165) is 34.1 Å². The fourth-order valence-corrected chi connectivity index (χ4v) is 3.06. The third kappa shape index (κ3) is 7.09. The lowest BCUT2D eigenvalue weighted by Crippen LogP contribution is -2.43. The highest BCUT2D eigenvalue weighted by Gasteiger charge is 2.23. The molecule has 2 aromatic rings. The van der Waals surface area contributed by atoms with Crippen LogP contribution in [0.15, 0.2) is 41.4 Å². The number of hydrogen-bond donors (Lipinski definition) is 2. The fourth-order valence-electron chi connectivity index (χ4n) is 3.06. The molecule has 0 aliphatic heterocycles. The van der Waals surface area contributed by atoms with E-state index in [2.05, 4.69) is 35.5 Å². The van der Waals surface area contributed by atoms with Gasteiger partial charge in [0, 0.05) is 37.2 Å². The number of nitrogens with one attached hydrogen (secondary N) is 2. The van der Waals surface area contributed by atoms with Gasteiger partial charge in [-0.25, -0.2) is 0 Å². The van der Waals surface area contributed by atoms with Crippen LogP contribution in [0.3, 0.4) is 0 Å². The van der Waals surface area contributed by atoms with Gasteiger partial charge >= 0.3 is 0 Å². The average Bonchev–Trinajstić information content (AvgIpc) is 2.78. The molecule has 0 atom stereocenters. The number of hydrogen-bond acceptors (Lipinski definition) is 5. The van der Waals surface area contributed by atoms with Crippen molar-refractivity contribution in [2.45, 2.75) is 25.8 Å². The van der Waals surface area contributed by atoms with Gasteiger partial charge in [-0.3, -0.25) is 4.99 Å². The third-order valence-corrected chi connectivity index (χ3v) is 5.03. The van der Waals surface area contributed by atoms with Crippen molar-refractivity contribution in [2.24, 2.45) is 4.99 Å². The van der Waals surface area contributed by atoms with E-state index in [1.54, 1.807) is 35.5 Å². The maximum Gasteiger partial charge on any atom is 0.191 e. The van der Waals surface area contributed by atoms with Crippen LogP contribution in [0.4, 0.5) is 0 Å². The van der Waals surface area contributed by atoms with Crippen molar-refractivity contribution in [1.82, 2.24) is 10.6 Å². The zero-order valence-electron chi connectivity index (χ0n) is 19.4. The predicted molar refractivity (Wildman–Crippen MR) is 136 cm³/mol. The molecule has 0 fully saturated rings. The molecule has 0 heterocycles. The van der Waals surface area contributed by atoms with E-state index in [4.69, 9.17) is 18.9 Å². The minimum Gasteiger partial charge on any atom is -0.497 e. The molecule has 2 N–H and O–H groups in total. The van der Waals surface area contributed by atoms with E-state index in [-0.39, 0.29) is 29.4 Å². The van der Waals surface area contributed by atoms with Crippen LogP contribution < -0.4 is 29.6 Å². The van der Waals surface area contributed by atoms with Crippen molar-refractivity contribution < 1.29 is 18.9 Å². The lowest BCUT2D eigenvalue weighted by Gasteiger charge is -2.27. The third-order valence-electron chi connectivity index (χ3n) is 5.03. The van der Waals surface area contributed by atoms with Gasteiger partial charge in [-0.1, -0.05) is 19.9 Å². The number of methoxy groups -OCH3 is 4. The summed E-state index contributed by atoms with van der Waals surface area (Å²) in [6.07, 6.45) is 0. The van der Waals surface area contributed by atoms with Crippen LogP contribution in [0.25, 0.3) is 0 Å². The Hall–Kier alpha value is -2.36. The first-order chi connectivity index (χ1) is 14.4. The predicted octanol–water partition coefficient (Wildman–Crippen LogP) is 3.98. The van der Waals surface area contributed by atoms with Crippen molar-refractivity contribution >= 4 is 29.9 Å². The second-order valence-electron chi connectivity index (χ2n) is 7.41. The van der Waals surface area contributed by atoms with E-state index in [0.29, 0.717) is 19.0 Å². The molecule has 7 nitrogen and oxygen atoms in total. The Morgan fingerprint density at radius 3 is 2.10 bits per heavy atom. The zero-order valence-corrected chi connectivity index (χ0v) is 21.7. The van der Waals surface area contributed by atoms with Crippen molar-refractivity contribution in [3.8, 4) is 23.0 Å². The van der Waals surface area contributed by atoms with E-state index in [1.165, 1.54) is 0 Å². The van der Waals surface area contributed by atoms with Crippen molar-refractivity contribution in [3.63, 3.8) is 0 Å². The Balaban J connectivity index is 0.00000480. The lowest BCUT2D eigenvalue weighted by atomic mass is 9.84. The molecule has 2 rings (SSSR count). The van der Waals surface area contributed by atoms with Crippen LogP contribution in [-0.4, -0.2) is 48.0 Å². The summed E-state index contributed by atoms with van der Waals surface area (Å²) in [7, 11) is 8.32. The molecule has 0 aromatic heterocycles. The van der Waals surface area contributed by atoms with Crippen molar-refractivity contribution in [3.05, 3.63) is 47.5 Å². The standard InChI is InChI=1S/C23H33N3O4.HI/c1-23(2,17-9-11-19(28-5)21(12-17)30-7)15-26-22(24-3)25-14-16-8-10-18(27-4)13-20(16)29-6;/h8-13H,14-15H2,1-7H3,(H2,24,25,26);1H. The first-order valence-corrected chi connectivity index (χ1v) is 9.76. The summed E-state index contributed by atoms with van der Waals surface area (Å²) in [6.45, 7) is 5.59. The number of ether oxygens (including phenoxy) is 4. The highest BCUT2D eigenvalue weighted by atomic mass is 127. The molecule has 31 heavy (non-hydrogen) atoms. The van der Waals surface area contributed by atoms with E-state index < -0.39 is 0 Å². The van der Waals surface area contributed by atoms with Crippen molar-refractivity contribution in [1.29, 1.82) is 0 Å². The SMILES string of the molecule is CN=C(NCc1ccc(OC)cc1OC)NCC(C)(C)c1ccc(OC)c(OC)c1.I. The Labute approximate surface area is 202 Å². The number of benzene rings is 2. The van der Waals surface area contributed by atoms with Gasteiger partial charge in [0.05, 0.1) is 28.4 Å². The summed E-state index contributed by atoms with van der Waals surface area (Å²) < 4.78 is 21.5. The zero-order chi connectivity index (χ0) is 22.1. The smallest absolute Gasteiger partial charge is 0.191 e. The number of halogens is 1. The molecule has 172 valence electrons. The summed E-state index contributed by atoms with van der Waals surface area (Å²) in [5, 5.41) is 6.74. The van der Waals surface area contributed by atoms with Gasteiger partial charge in [-0.15, -0.1) is 24.0 Å². The average molecular weight is 543 g/mol. The Bertz CT molecular complexity index is 872. The topological polar surface area (TPSA) is 73.3 Å². The monoisotopic (exact) mass is 543 g/mol. The van der Waals surface area contributed by atoms with Gasteiger partial charge < -0.3 is 29.6 Å². The normalized spacial score (nSPS) is 11.3. The quantitative estimate of drug-likeness (QED) is 0.283. The largest absolute Gasteiger partial charge is 0.497 e. The van der Waals surface area contributed by atoms with Crippen LogP contribution in [0.2, 0.25) is 0 Å². The van der Waals surface area contributed by atoms with E-state index >= 15 is 0 Å². The first kappa shape index (κ1) is 26.7. The molecule has 0 saturated carbocycles. The summed E-state index contributed by atoms with van der Waals surface area (Å²) in [6, 6.07) is 11.8. The van der Waals surface area contributed by atoms with Crippen LogP contribution in [0, 0.1) is 0 Å². The maximum absolute atomic E-state index is 5.46. The van der Waals surface area contributed by atoms with Gasteiger partial charge in [0.2, 0.25) is 0 Å². The van der Waals surface area contributed by atoms with Crippen LogP contribution >= 0.6 is 24.0 Å². The molecule has 0 unspecified atom stereocenters. The Kier molecular flexibility index (Phi) is 10.7. The van der Waals surface area contributed by atoms with E-state index in [9.17, 15) is 0 Å². The van der Waals surface area contributed by atoms with Gasteiger partial charge in [0.15, 0.2) is 17.5 Å². The van der Waals surface area contributed by atoms with Crippen LogP contribution in [-0.2, 0) is 12.0 Å². The fraction of sp³-hybridized carbons (Fsp3) is 0.435. The lowest BCUT2D eigenvalue weighted by molar-refractivity contribution is 0.353. The number of aliphatic imine (C=N–C) groups is 1. The Morgan fingerprint density at radius 1 is 0.839 bits per heavy atom. The summed E-state index contributed by atoms with van der Waals surface area (Å²) in [4.78, 5) is 4.33. The number of rotatable bonds is 9.